The van der Waals surface area contributed by atoms with Gasteiger partial charge in [0, 0.05) is 18.8 Å². The van der Waals surface area contributed by atoms with Crippen LogP contribution in [0.15, 0.2) is 11.5 Å². The van der Waals surface area contributed by atoms with Crippen molar-refractivity contribution in [3.05, 3.63) is 17.2 Å². The quantitative estimate of drug-likeness (QED) is 0.823. The highest BCUT2D eigenvalue weighted by atomic mass is 79.9. The second-order valence-electron chi connectivity index (χ2n) is 3.41. The first-order chi connectivity index (χ1) is 7.25. The van der Waals surface area contributed by atoms with Crippen LogP contribution in [0.5, 0.6) is 0 Å². The summed E-state index contributed by atoms with van der Waals surface area (Å²) in [6, 6.07) is 0. The number of anilines is 1. The number of rotatable bonds is 2. The van der Waals surface area contributed by atoms with Gasteiger partial charge in [0.25, 0.3) is 0 Å². The molecule has 2 heterocycles. The van der Waals surface area contributed by atoms with E-state index in [1.54, 1.807) is 0 Å². The molecule has 1 aromatic heterocycles. The maximum Gasteiger partial charge on any atom is 0.223 e. The zero-order chi connectivity index (χ0) is 10.7. The van der Waals surface area contributed by atoms with Gasteiger partial charge < -0.3 is 10.6 Å². The molecule has 0 atom stereocenters. The van der Waals surface area contributed by atoms with Gasteiger partial charge in [-0.25, -0.2) is 4.98 Å². The summed E-state index contributed by atoms with van der Waals surface area (Å²) in [6.45, 7) is 3.39. The number of hydrogen-bond donors (Lipinski definition) is 2. The van der Waals surface area contributed by atoms with Crippen LogP contribution in [-0.4, -0.2) is 24.0 Å². The standard InChI is InChI=1S/C10H13N3OS.2BrH/c1-7(14)12-10-13-9(6-15-10)8-3-2-4-11-5-8;;/h3,6,11H,2,4-5H2,1H3,(H,12,13,14);2*1H. The van der Waals surface area contributed by atoms with Crippen LogP contribution in [0.3, 0.4) is 0 Å². The minimum atomic E-state index is -0.0772. The molecule has 0 radical (unpaired) electrons. The number of nitrogens with zero attached hydrogens (tertiary/aromatic N) is 1. The summed E-state index contributed by atoms with van der Waals surface area (Å²) in [5.74, 6) is -0.0772. The molecule has 0 bridgehead atoms. The second kappa shape index (κ2) is 7.97. The van der Waals surface area contributed by atoms with Crippen molar-refractivity contribution in [2.75, 3.05) is 18.4 Å². The number of carbonyl (C=O) groups excluding carboxylic acids is 1. The van der Waals surface area contributed by atoms with E-state index in [1.165, 1.54) is 23.8 Å². The first-order valence-electron chi connectivity index (χ1n) is 4.89. The lowest BCUT2D eigenvalue weighted by atomic mass is 10.1. The average Bonchev–Trinajstić information content (AvgIpc) is 2.67. The molecule has 0 saturated heterocycles. The molecule has 1 aliphatic rings. The molecule has 1 aliphatic heterocycles. The van der Waals surface area contributed by atoms with Crippen LogP contribution in [0, 0.1) is 0 Å². The van der Waals surface area contributed by atoms with Crippen LogP contribution < -0.4 is 10.6 Å². The number of thiazole rings is 1. The van der Waals surface area contributed by atoms with E-state index in [0.29, 0.717) is 5.13 Å². The Morgan fingerprint density at radius 3 is 2.88 bits per heavy atom. The second-order valence-corrected chi connectivity index (χ2v) is 4.27. The summed E-state index contributed by atoms with van der Waals surface area (Å²) in [7, 11) is 0. The third-order valence-electron chi connectivity index (χ3n) is 2.14. The van der Waals surface area contributed by atoms with Crippen molar-refractivity contribution in [2.24, 2.45) is 0 Å². The Labute approximate surface area is 125 Å². The van der Waals surface area contributed by atoms with E-state index in [1.807, 2.05) is 5.38 Å². The zero-order valence-electron chi connectivity index (χ0n) is 9.36. The van der Waals surface area contributed by atoms with Crippen LogP contribution in [0.25, 0.3) is 5.57 Å². The van der Waals surface area contributed by atoms with Gasteiger partial charge in [-0.2, -0.15) is 0 Å². The van der Waals surface area contributed by atoms with Crippen LogP contribution in [0.1, 0.15) is 19.0 Å². The minimum Gasteiger partial charge on any atom is -0.312 e. The van der Waals surface area contributed by atoms with E-state index in [4.69, 9.17) is 0 Å². The molecule has 17 heavy (non-hydrogen) atoms. The number of halogens is 2. The summed E-state index contributed by atoms with van der Waals surface area (Å²) >= 11 is 1.46. The lowest BCUT2D eigenvalue weighted by Gasteiger charge is -2.11. The van der Waals surface area contributed by atoms with Crippen LogP contribution in [0.4, 0.5) is 5.13 Å². The smallest absolute Gasteiger partial charge is 0.223 e. The van der Waals surface area contributed by atoms with E-state index >= 15 is 0 Å². The van der Waals surface area contributed by atoms with Gasteiger partial charge in [0.05, 0.1) is 5.69 Å². The average molecular weight is 385 g/mol. The normalized spacial score (nSPS) is 14.1. The summed E-state index contributed by atoms with van der Waals surface area (Å²) < 4.78 is 0. The SMILES string of the molecule is Br.Br.CC(=O)Nc1nc(C2=CCCNC2)cs1. The minimum absolute atomic E-state index is 0. The third-order valence-corrected chi connectivity index (χ3v) is 2.90. The first-order valence-corrected chi connectivity index (χ1v) is 5.77. The number of amides is 1. The Kier molecular flexibility index (Phi) is 7.85. The highest BCUT2D eigenvalue weighted by Gasteiger charge is 2.09. The van der Waals surface area contributed by atoms with Gasteiger partial charge in [-0.3, -0.25) is 4.79 Å². The molecular weight excluding hydrogens is 370 g/mol. The molecular formula is C10H15Br2N3OS. The molecule has 7 heteroatoms. The molecule has 96 valence electrons. The van der Waals surface area contributed by atoms with Gasteiger partial charge in [0.1, 0.15) is 0 Å². The summed E-state index contributed by atoms with van der Waals surface area (Å²) in [4.78, 5) is 15.2. The van der Waals surface area contributed by atoms with Crippen LogP contribution in [0.2, 0.25) is 0 Å². The van der Waals surface area contributed by atoms with Crippen molar-refractivity contribution in [3.8, 4) is 0 Å². The van der Waals surface area contributed by atoms with Crippen molar-refractivity contribution in [1.29, 1.82) is 0 Å². The van der Waals surface area contributed by atoms with E-state index in [2.05, 4.69) is 21.7 Å². The highest BCUT2D eigenvalue weighted by molar-refractivity contribution is 8.93. The van der Waals surface area contributed by atoms with Crippen molar-refractivity contribution in [2.45, 2.75) is 13.3 Å². The van der Waals surface area contributed by atoms with E-state index < -0.39 is 0 Å². The van der Waals surface area contributed by atoms with E-state index in [-0.39, 0.29) is 39.9 Å². The molecule has 4 nitrogen and oxygen atoms in total. The fourth-order valence-corrected chi connectivity index (χ4v) is 2.25. The maximum atomic E-state index is 10.8. The molecule has 0 unspecified atom stereocenters. The largest absolute Gasteiger partial charge is 0.312 e. The Bertz CT molecular complexity index is 406. The Balaban J connectivity index is 0.00000128. The predicted molar refractivity (Wildman–Crippen MR) is 82.5 cm³/mol. The molecule has 2 rings (SSSR count). The first kappa shape index (κ1) is 16.8. The molecule has 0 spiro atoms. The lowest BCUT2D eigenvalue weighted by Crippen LogP contribution is -2.21. The van der Waals surface area contributed by atoms with E-state index in [9.17, 15) is 4.79 Å². The Hall–Kier alpha value is -0.240. The van der Waals surface area contributed by atoms with Gasteiger partial charge in [0.15, 0.2) is 5.13 Å². The molecule has 1 aromatic rings. The van der Waals surface area contributed by atoms with Crippen molar-refractivity contribution >= 4 is 61.9 Å². The van der Waals surface area contributed by atoms with Gasteiger partial charge in [-0.15, -0.1) is 45.3 Å². The number of carbonyl (C=O) groups is 1. The molecule has 1 amide bonds. The third kappa shape index (κ3) is 4.87. The molecule has 2 N–H and O–H groups in total. The Morgan fingerprint density at radius 2 is 2.29 bits per heavy atom. The van der Waals surface area contributed by atoms with Crippen molar-refractivity contribution in [3.63, 3.8) is 0 Å². The summed E-state index contributed by atoms with van der Waals surface area (Å²) in [5, 5.41) is 8.62. The monoisotopic (exact) mass is 383 g/mol. The fraction of sp³-hybridized carbons (Fsp3) is 0.400. The van der Waals surface area contributed by atoms with Crippen LogP contribution in [-0.2, 0) is 4.79 Å². The van der Waals surface area contributed by atoms with Gasteiger partial charge in [-0.05, 0) is 18.5 Å². The van der Waals surface area contributed by atoms with Crippen LogP contribution >= 0.6 is 45.3 Å². The van der Waals surface area contributed by atoms with Crippen molar-refractivity contribution in [1.82, 2.24) is 10.3 Å². The highest BCUT2D eigenvalue weighted by Crippen LogP contribution is 2.22. The number of hydrogen-bond acceptors (Lipinski definition) is 4. The zero-order valence-corrected chi connectivity index (χ0v) is 13.6. The molecule has 0 saturated carbocycles. The Morgan fingerprint density at radius 1 is 1.53 bits per heavy atom. The van der Waals surface area contributed by atoms with Crippen molar-refractivity contribution < 1.29 is 4.79 Å². The number of aromatic nitrogens is 1. The lowest BCUT2D eigenvalue weighted by molar-refractivity contribution is -0.114. The summed E-state index contributed by atoms with van der Waals surface area (Å²) in [6.07, 6.45) is 3.24. The maximum absolute atomic E-state index is 10.8. The van der Waals surface area contributed by atoms with Gasteiger partial charge in [-0.1, -0.05) is 6.08 Å². The predicted octanol–water partition coefficient (Wildman–Crippen LogP) is 2.63. The topological polar surface area (TPSA) is 54.0 Å². The molecule has 0 aliphatic carbocycles. The molecule has 0 aromatic carbocycles. The van der Waals surface area contributed by atoms with Gasteiger partial charge >= 0.3 is 0 Å². The molecule has 0 fully saturated rings. The van der Waals surface area contributed by atoms with Gasteiger partial charge in [0.2, 0.25) is 5.91 Å². The summed E-state index contributed by atoms with van der Waals surface area (Å²) in [5.41, 5.74) is 2.19. The number of nitrogens with one attached hydrogen (secondary N) is 2. The fourth-order valence-electron chi connectivity index (χ4n) is 1.47. The van der Waals surface area contributed by atoms with E-state index in [0.717, 1.165) is 25.2 Å².